The van der Waals surface area contributed by atoms with Crippen LogP contribution in [-0.4, -0.2) is 64.3 Å². The van der Waals surface area contributed by atoms with Crippen molar-refractivity contribution >= 4 is 27.8 Å². The number of anilines is 1. The molecule has 0 atom stereocenters. The van der Waals surface area contributed by atoms with E-state index in [4.69, 9.17) is 18.9 Å². The highest BCUT2D eigenvalue weighted by Gasteiger charge is 2.37. The lowest BCUT2D eigenvalue weighted by molar-refractivity contribution is 0.0429. The zero-order chi connectivity index (χ0) is 35.6. The number of carbonyl (C=O) groups is 2. The Hall–Kier alpha value is -4.69. The second-order valence-corrected chi connectivity index (χ2v) is 15.9. The van der Waals surface area contributed by atoms with Crippen LogP contribution in [0.3, 0.4) is 0 Å². The topological polar surface area (TPSA) is 167 Å². The number of rotatable bonds is 8. The number of imide groups is 1. The highest BCUT2D eigenvalue weighted by molar-refractivity contribution is 7.92. The highest BCUT2D eigenvalue weighted by Crippen LogP contribution is 2.34. The monoisotopic (exact) mass is 678 g/mol. The molecule has 1 N–H and O–H groups in total. The summed E-state index contributed by atoms with van der Waals surface area (Å²) in [5.74, 6) is -0.220. The molecule has 2 aromatic carbocycles. The predicted molar refractivity (Wildman–Crippen MR) is 181 cm³/mol. The highest BCUT2D eigenvalue weighted by atomic mass is 32.2. The van der Waals surface area contributed by atoms with Crippen LogP contribution in [0.4, 0.5) is 15.4 Å². The number of hydrogen-bond donors (Lipinski definition) is 1. The van der Waals surface area contributed by atoms with Gasteiger partial charge >= 0.3 is 12.2 Å². The van der Waals surface area contributed by atoms with E-state index in [1.54, 1.807) is 67.5 Å². The van der Waals surface area contributed by atoms with E-state index in [-0.39, 0.29) is 33.9 Å². The van der Waals surface area contributed by atoms with Crippen molar-refractivity contribution in [2.75, 3.05) is 11.9 Å². The summed E-state index contributed by atoms with van der Waals surface area (Å²) in [5.41, 5.74) is 1.37. The Labute approximate surface area is 281 Å². The van der Waals surface area contributed by atoms with Gasteiger partial charge in [-0.1, -0.05) is 24.3 Å². The molecule has 0 saturated carbocycles. The molecular formula is C34H42N6O7S. The van der Waals surface area contributed by atoms with Crippen molar-refractivity contribution in [2.45, 2.75) is 90.2 Å². The van der Waals surface area contributed by atoms with E-state index >= 15 is 0 Å². The van der Waals surface area contributed by atoms with E-state index in [1.807, 2.05) is 32.2 Å². The lowest BCUT2D eigenvalue weighted by atomic mass is 10.1. The first-order valence-electron chi connectivity index (χ1n) is 15.4. The van der Waals surface area contributed by atoms with Gasteiger partial charge in [0.15, 0.2) is 21.3 Å². The fourth-order valence-corrected chi connectivity index (χ4v) is 5.55. The standard InChI is InChI=1S/C34H42N6O7S/c1-20(2)48(43,44)24-14-12-23(13-15-24)26-19-36-28(40(31(41)46-33(4,5)6)32(42)47-34(7,8)9)27(37-26)30-39-38-29(45-30)25-16-11-22(18-35-10)17-21(25)3/h11-17,19-20,35H,18H2,1-10H3. The summed E-state index contributed by atoms with van der Waals surface area (Å²) < 4.78 is 42.7. The maximum atomic E-state index is 13.6. The first-order valence-corrected chi connectivity index (χ1v) is 16.9. The van der Waals surface area contributed by atoms with Crippen molar-refractivity contribution in [1.82, 2.24) is 25.5 Å². The van der Waals surface area contributed by atoms with Gasteiger partial charge in [0.25, 0.3) is 5.89 Å². The number of aryl methyl sites for hydroxylation is 1. The van der Waals surface area contributed by atoms with E-state index in [1.165, 1.54) is 18.3 Å². The fraction of sp³-hybridized carbons (Fsp3) is 0.412. The molecule has 0 radical (unpaired) electrons. The zero-order valence-electron chi connectivity index (χ0n) is 28.9. The average Bonchev–Trinajstić information content (AvgIpc) is 3.45. The number of amides is 2. The molecule has 2 aromatic heterocycles. The minimum Gasteiger partial charge on any atom is -0.443 e. The van der Waals surface area contributed by atoms with Crippen molar-refractivity contribution in [1.29, 1.82) is 0 Å². The molecule has 0 bridgehead atoms. The normalized spacial score (nSPS) is 12.2. The Morgan fingerprint density at radius 2 is 1.50 bits per heavy atom. The van der Waals surface area contributed by atoms with Crippen LogP contribution in [0.15, 0.2) is 58.0 Å². The molecule has 0 spiro atoms. The summed E-state index contributed by atoms with van der Waals surface area (Å²) in [4.78, 5) is 37.1. The van der Waals surface area contributed by atoms with Crippen molar-refractivity contribution in [3.63, 3.8) is 0 Å². The van der Waals surface area contributed by atoms with Gasteiger partial charge in [-0.15, -0.1) is 10.2 Å². The van der Waals surface area contributed by atoms with Crippen molar-refractivity contribution < 1.29 is 31.9 Å². The van der Waals surface area contributed by atoms with Crippen LogP contribution in [0.2, 0.25) is 0 Å². The molecule has 0 fully saturated rings. The Bertz CT molecular complexity index is 1880. The van der Waals surface area contributed by atoms with Crippen LogP contribution >= 0.6 is 0 Å². The third-order valence-corrected chi connectivity index (χ3v) is 8.92. The number of aromatic nitrogens is 4. The van der Waals surface area contributed by atoms with Gasteiger partial charge in [0.05, 0.1) is 22.0 Å². The summed E-state index contributed by atoms with van der Waals surface area (Å²) in [6, 6.07) is 12.0. The van der Waals surface area contributed by atoms with Gasteiger partial charge in [0.1, 0.15) is 11.2 Å². The van der Waals surface area contributed by atoms with Crippen molar-refractivity contribution in [3.8, 4) is 34.3 Å². The lowest BCUT2D eigenvalue weighted by Gasteiger charge is -2.28. The molecule has 13 nitrogen and oxygen atoms in total. The van der Waals surface area contributed by atoms with E-state index in [2.05, 4.69) is 20.5 Å². The van der Waals surface area contributed by atoms with Crippen molar-refractivity contribution in [2.24, 2.45) is 0 Å². The Morgan fingerprint density at radius 1 is 0.917 bits per heavy atom. The smallest absolute Gasteiger partial charge is 0.425 e. The van der Waals surface area contributed by atoms with Crippen LogP contribution in [0.1, 0.15) is 66.5 Å². The average molecular weight is 679 g/mol. The number of carbonyl (C=O) groups excluding carboxylic acids is 2. The number of nitrogens with zero attached hydrogens (tertiary/aromatic N) is 5. The molecule has 0 saturated heterocycles. The molecule has 14 heteroatoms. The van der Waals surface area contributed by atoms with E-state index in [0.717, 1.165) is 11.1 Å². The molecule has 0 aliphatic heterocycles. The zero-order valence-corrected chi connectivity index (χ0v) is 29.7. The largest absolute Gasteiger partial charge is 0.443 e. The fourth-order valence-electron chi connectivity index (χ4n) is 4.49. The third-order valence-electron chi connectivity index (χ3n) is 6.75. The molecule has 48 heavy (non-hydrogen) atoms. The molecular weight excluding hydrogens is 636 g/mol. The first kappa shape index (κ1) is 36.2. The number of sulfone groups is 1. The van der Waals surface area contributed by atoms with Gasteiger partial charge in [-0.05, 0) is 98.7 Å². The van der Waals surface area contributed by atoms with Crippen LogP contribution < -0.4 is 10.2 Å². The predicted octanol–water partition coefficient (Wildman–Crippen LogP) is 6.75. The second-order valence-electron chi connectivity index (χ2n) is 13.4. The van der Waals surface area contributed by atoms with Gasteiger partial charge in [0, 0.05) is 17.7 Å². The summed E-state index contributed by atoms with van der Waals surface area (Å²) in [6.45, 7) is 15.8. The van der Waals surface area contributed by atoms with Crippen LogP contribution in [0, 0.1) is 6.92 Å². The number of benzene rings is 2. The van der Waals surface area contributed by atoms with Gasteiger partial charge in [0.2, 0.25) is 5.89 Å². The molecule has 2 amide bonds. The minimum absolute atomic E-state index is 0.105. The van der Waals surface area contributed by atoms with E-state index in [9.17, 15) is 18.0 Å². The third kappa shape index (κ3) is 8.42. The number of ether oxygens (including phenoxy) is 2. The molecule has 0 aliphatic carbocycles. The lowest BCUT2D eigenvalue weighted by Crippen LogP contribution is -2.44. The maximum absolute atomic E-state index is 13.6. The minimum atomic E-state index is -3.51. The first-order chi connectivity index (χ1) is 22.3. The molecule has 0 aliphatic rings. The Kier molecular flexibility index (Phi) is 10.4. The van der Waals surface area contributed by atoms with Crippen LogP contribution in [-0.2, 0) is 25.9 Å². The molecule has 256 valence electrons. The second kappa shape index (κ2) is 13.8. The Balaban J connectivity index is 1.90. The molecule has 4 aromatic rings. The van der Waals surface area contributed by atoms with E-state index < -0.39 is 38.5 Å². The quantitative estimate of drug-likeness (QED) is 0.209. The summed E-state index contributed by atoms with van der Waals surface area (Å²) in [5, 5.41) is 11.0. The number of hydrogen-bond acceptors (Lipinski definition) is 12. The SMILES string of the molecule is CNCc1ccc(-c2nnc(-c3nc(-c4ccc(S(=O)(=O)C(C)C)cc4)cnc3N(C(=O)OC(C)(C)C)C(=O)OC(C)(C)C)o2)c(C)c1. The molecule has 0 unspecified atom stereocenters. The van der Waals surface area contributed by atoms with E-state index in [0.29, 0.717) is 22.6 Å². The number of nitrogens with one attached hydrogen (secondary N) is 1. The van der Waals surface area contributed by atoms with Gasteiger partial charge in [-0.2, -0.15) is 4.90 Å². The van der Waals surface area contributed by atoms with Crippen molar-refractivity contribution in [3.05, 3.63) is 59.8 Å². The van der Waals surface area contributed by atoms with Crippen LogP contribution in [0.25, 0.3) is 34.3 Å². The van der Waals surface area contributed by atoms with Crippen LogP contribution in [0.5, 0.6) is 0 Å². The van der Waals surface area contributed by atoms with Gasteiger partial charge in [-0.25, -0.2) is 28.0 Å². The summed E-state index contributed by atoms with van der Waals surface area (Å²) >= 11 is 0. The van der Waals surface area contributed by atoms with Gasteiger partial charge in [-0.3, -0.25) is 0 Å². The molecule has 4 rings (SSSR count). The summed E-state index contributed by atoms with van der Waals surface area (Å²) in [7, 11) is -1.65. The van der Waals surface area contributed by atoms with Gasteiger partial charge < -0.3 is 19.2 Å². The summed E-state index contributed by atoms with van der Waals surface area (Å²) in [6.07, 6.45) is -0.771. The Morgan fingerprint density at radius 3 is 2.02 bits per heavy atom. The molecule has 2 heterocycles. The maximum Gasteiger partial charge on any atom is 0.425 e.